The average Bonchev–Trinajstić information content (AvgIpc) is 2.97. The van der Waals surface area contributed by atoms with Crippen LogP contribution in [0.25, 0.3) is 11.5 Å². The second kappa shape index (κ2) is 6.62. The molecule has 0 aliphatic carbocycles. The number of amides is 1. The standard InChI is InChI=1S/C16H19N3O3/c1-2-21-14-5-3-12(4-6-14)16-18-13(11-22-16)9-19-8-7-17-15(20)10-19/h3-6,11H,2,7-10H2,1H3,(H,17,20). The first kappa shape index (κ1) is 14.6. The van der Waals surface area contributed by atoms with E-state index in [1.165, 1.54) is 0 Å². The van der Waals surface area contributed by atoms with E-state index in [0.717, 1.165) is 23.6 Å². The van der Waals surface area contributed by atoms with E-state index in [9.17, 15) is 4.79 Å². The van der Waals surface area contributed by atoms with Gasteiger partial charge in [0.15, 0.2) is 0 Å². The molecule has 1 N–H and O–H groups in total. The van der Waals surface area contributed by atoms with Crippen molar-refractivity contribution >= 4 is 5.91 Å². The molecule has 1 aliphatic heterocycles. The Kier molecular flexibility index (Phi) is 4.39. The second-order valence-electron chi connectivity index (χ2n) is 5.16. The van der Waals surface area contributed by atoms with E-state index in [2.05, 4.69) is 15.2 Å². The van der Waals surface area contributed by atoms with E-state index in [4.69, 9.17) is 9.15 Å². The molecule has 0 atom stereocenters. The summed E-state index contributed by atoms with van der Waals surface area (Å²) in [5.41, 5.74) is 1.74. The van der Waals surface area contributed by atoms with Gasteiger partial charge in [-0.1, -0.05) is 0 Å². The van der Waals surface area contributed by atoms with Crippen molar-refractivity contribution in [3.8, 4) is 17.2 Å². The van der Waals surface area contributed by atoms with Gasteiger partial charge in [0.25, 0.3) is 0 Å². The molecule has 0 spiro atoms. The number of nitrogens with one attached hydrogen (secondary N) is 1. The van der Waals surface area contributed by atoms with Crippen LogP contribution in [0.15, 0.2) is 34.9 Å². The normalized spacial score (nSPS) is 15.6. The fraction of sp³-hybridized carbons (Fsp3) is 0.375. The Balaban J connectivity index is 1.66. The maximum absolute atomic E-state index is 11.4. The summed E-state index contributed by atoms with van der Waals surface area (Å²) in [5.74, 6) is 1.47. The zero-order valence-electron chi connectivity index (χ0n) is 12.5. The molecular weight excluding hydrogens is 282 g/mol. The molecule has 6 nitrogen and oxygen atoms in total. The van der Waals surface area contributed by atoms with Gasteiger partial charge in [0.05, 0.1) is 18.8 Å². The number of hydrogen-bond donors (Lipinski definition) is 1. The molecule has 1 amide bonds. The van der Waals surface area contributed by atoms with Crippen LogP contribution >= 0.6 is 0 Å². The van der Waals surface area contributed by atoms with Crippen molar-refractivity contribution in [2.24, 2.45) is 0 Å². The lowest BCUT2D eigenvalue weighted by Crippen LogP contribution is -2.47. The number of carbonyl (C=O) groups is 1. The van der Waals surface area contributed by atoms with Crippen molar-refractivity contribution in [3.05, 3.63) is 36.2 Å². The van der Waals surface area contributed by atoms with Gasteiger partial charge in [-0.3, -0.25) is 9.69 Å². The Morgan fingerprint density at radius 3 is 2.91 bits per heavy atom. The predicted octanol–water partition coefficient (Wildman–Crippen LogP) is 1.67. The Morgan fingerprint density at radius 1 is 1.36 bits per heavy atom. The van der Waals surface area contributed by atoms with Gasteiger partial charge in [-0.05, 0) is 31.2 Å². The van der Waals surface area contributed by atoms with Crippen LogP contribution in [0.5, 0.6) is 5.75 Å². The van der Waals surface area contributed by atoms with Crippen molar-refractivity contribution < 1.29 is 13.9 Å². The number of carbonyl (C=O) groups excluding carboxylic acids is 1. The van der Waals surface area contributed by atoms with E-state index in [1.54, 1.807) is 6.26 Å². The van der Waals surface area contributed by atoms with Gasteiger partial charge in [-0.2, -0.15) is 0 Å². The van der Waals surface area contributed by atoms with Crippen molar-refractivity contribution in [2.75, 3.05) is 26.2 Å². The molecule has 1 aromatic heterocycles. The fourth-order valence-corrected chi connectivity index (χ4v) is 2.43. The predicted molar refractivity (Wildman–Crippen MR) is 81.4 cm³/mol. The third-order valence-electron chi connectivity index (χ3n) is 3.47. The first-order chi connectivity index (χ1) is 10.7. The van der Waals surface area contributed by atoms with E-state index in [1.807, 2.05) is 31.2 Å². The van der Waals surface area contributed by atoms with Crippen LogP contribution in [0.1, 0.15) is 12.6 Å². The fourth-order valence-electron chi connectivity index (χ4n) is 2.43. The number of rotatable bonds is 5. The first-order valence-corrected chi connectivity index (χ1v) is 7.41. The summed E-state index contributed by atoms with van der Waals surface area (Å²) in [7, 11) is 0. The van der Waals surface area contributed by atoms with Crippen LogP contribution in [-0.4, -0.2) is 42.0 Å². The molecule has 6 heteroatoms. The highest BCUT2D eigenvalue weighted by molar-refractivity contribution is 5.78. The largest absolute Gasteiger partial charge is 0.494 e. The Morgan fingerprint density at radius 2 is 2.18 bits per heavy atom. The Labute approximate surface area is 129 Å². The van der Waals surface area contributed by atoms with Gasteiger partial charge in [0, 0.05) is 25.2 Å². The number of aromatic nitrogens is 1. The molecule has 0 saturated carbocycles. The molecule has 3 rings (SSSR count). The lowest BCUT2D eigenvalue weighted by Gasteiger charge is -2.25. The quantitative estimate of drug-likeness (QED) is 0.910. The highest BCUT2D eigenvalue weighted by Crippen LogP contribution is 2.22. The van der Waals surface area contributed by atoms with Crippen molar-refractivity contribution in [1.29, 1.82) is 0 Å². The third-order valence-corrected chi connectivity index (χ3v) is 3.47. The smallest absolute Gasteiger partial charge is 0.234 e. The summed E-state index contributed by atoms with van der Waals surface area (Å²) in [5, 5.41) is 2.81. The average molecular weight is 301 g/mol. The van der Waals surface area contributed by atoms with Gasteiger partial charge in [0.2, 0.25) is 11.8 Å². The van der Waals surface area contributed by atoms with Crippen LogP contribution < -0.4 is 10.1 Å². The summed E-state index contributed by atoms with van der Waals surface area (Å²) in [6, 6.07) is 7.65. The zero-order valence-corrected chi connectivity index (χ0v) is 12.5. The molecule has 2 heterocycles. The molecule has 1 saturated heterocycles. The summed E-state index contributed by atoms with van der Waals surface area (Å²) < 4.78 is 11.0. The molecule has 1 aliphatic rings. The van der Waals surface area contributed by atoms with E-state index >= 15 is 0 Å². The summed E-state index contributed by atoms with van der Waals surface area (Å²) in [4.78, 5) is 17.9. The van der Waals surface area contributed by atoms with Crippen LogP contribution in [0.3, 0.4) is 0 Å². The minimum Gasteiger partial charge on any atom is -0.494 e. The third kappa shape index (κ3) is 3.46. The molecule has 1 fully saturated rings. The number of benzene rings is 1. The Bertz CT molecular complexity index is 636. The van der Waals surface area contributed by atoms with Crippen LogP contribution in [0, 0.1) is 0 Å². The van der Waals surface area contributed by atoms with Crippen LogP contribution in [0.4, 0.5) is 0 Å². The molecule has 0 unspecified atom stereocenters. The monoisotopic (exact) mass is 301 g/mol. The van der Waals surface area contributed by atoms with Gasteiger partial charge < -0.3 is 14.5 Å². The lowest BCUT2D eigenvalue weighted by atomic mass is 10.2. The summed E-state index contributed by atoms with van der Waals surface area (Å²) in [6.07, 6.45) is 1.65. The highest BCUT2D eigenvalue weighted by atomic mass is 16.5. The van der Waals surface area contributed by atoms with Gasteiger partial charge >= 0.3 is 0 Å². The first-order valence-electron chi connectivity index (χ1n) is 7.41. The van der Waals surface area contributed by atoms with Gasteiger partial charge in [-0.15, -0.1) is 0 Å². The van der Waals surface area contributed by atoms with Crippen molar-refractivity contribution in [3.63, 3.8) is 0 Å². The summed E-state index contributed by atoms with van der Waals surface area (Å²) >= 11 is 0. The minimum atomic E-state index is 0.0569. The molecule has 116 valence electrons. The number of nitrogens with zero attached hydrogens (tertiary/aromatic N) is 2. The van der Waals surface area contributed by atoms with E-state index in [-0.39, 0.29) is 5.91 Å². The molecule has 1 aromatic carbocycles. The number of oxazole rings is 1. The SMILES string of the molecule is CCOc1ccc(-c2nc(CN3CCNC(=O)C3)co2)cc1. The second-order valence-corrected chi connectivity index (χ2v) is 5.16. The van der Waals surface area contributed by atoms with Gasteiger partial charge in [0.1, 0.15) is 12.0 Å². The summed E-state index contributed by atoms with van der Waals surface area (Å²) in [6.45, 7) is 5.14. The minimum absolute atomic E-state index is 0.0569. The van der Waals surface area contributed by atoms with Crippen molar-refractivity contribution in [2.45, 2.75) is 13.5 Å². The number of ether oxygens (including phenoxy) is 1. The van der Waals surface area contributed by atoms with Gasteiger partial charge in [-0.25, -0.2) is 4.98 Å². The van der Waals surface area contributed by atoms with E-state index in [0.29, 0.717) is 32.1 Å². The number of piperazine rings is 1. The Hall–Kier alpha value is -2.34. The van der Waals surface area contributed by atoms with Crippen LogP contribution in [0.2, 0.25) is 0 Å². The molecule has 0 radical (unpaired) electrons. The zero-order chi connectivity index (χ0) is 15.4. The molecule has 2 aromatic rings. The van der Waals surface area contributed by atoms with Crippen molar-refractivity contribution in [1.82, 2.24) is 15.2 Å². The molecular formula is C16H19N3O3. The van der Waals surface area contributed by atoms with Crippen LogP contribution in [-0.2, 0) is 11.3 Å². The lowest BCUT2D eigenvalue weighted by molar-refractivity contribution is -0.124. The molecule has 0 bridgehead atoms. The topological polar surface area (TPSA) is 67.6 Å². The highest BCUT2D eigenvalue weighted by Gasteiger charge is 2.17. The van der Waals surface area contributed by atoms with E-state index < -0.39 is 0 Å². The maximum Gasteiger partial charge on any atom is 0.234 e. The number of hydrogen-bond acceptors (Lipinski definition) is 5. The maximum atomic E-state index is 11.4. The molecule has 22 heavy (non-hydrogen) atoms.